The van der Waals surface area contributed by atoms with Crippen LogP contribution < -0.4 is 5.32 Å². The Hall–Kier alpha value is -2.74. The second kappa shape index (κ2) is 5.71. The van der Waals surface area contributed by atoms with Crippen LogP contribution in [0.25, 0.3) is 5.69 Å². The van der Waals surface area contributed by atoms with Gasteiger partial charge in [0, 0.05) is 25.4 Å². The minimum absolute atomic E-state index is 0.291. The summed E-state index contributed by atoms with van der Waals surface area (Å²) in [6.07, 6.45) is 2.72. The highest BCUT2D eigenvalue weighted by atomic mass is 16.3. The molecule has 3 aromatic rings. The molecule has 0 spiro atoms. The van der Waals surface area contributed by atoms with E-state index >= 15 is 0 Å². The molecule has 2 heterocycles. The lowest BCUT2D eigenvalue weighted by molar-refractivity contribution is 0.191. The van der Waals surface area contributed by atoms with E-state index in [2.05, 4.69) is 25.9 Å². The summed E-state index contributed by atoms with van der Waals surface area (Å²) < 4.78 is 3.22. The maximum atomic E-state index is 10.1. The van der Waals surface area contributed by atoms with E-state index in [-0.39, 0.29) is 0 Å². The van der Waals surface area contributed by atoms with Gasteiger partial charge in [0.15, 0.2) is 0 Å². The summed E-state index contributed by atoms with van der Waals surface area (Å²) in [4.78, 5) is 0. The van der Waals surface area contributed by atoms with Crippen LogP contribution in [0.1, 0.15) is 11.7 Å². The summed E-state index contributed by atoms with van der Waals surface area (Å²) in [6, 6.07) is 9.54. The molecule has 1 aromatic carbocycles. The second-order valence-electron chi connectivity index (χ2n) is 4.59. The number of rotatable bonds is 5. The first-order valence-corrected chi connectivity index (χ1v) is 6.48. The molecule has 2 aromatic heterocycles. The van der Waals surface area contributed by atoms with Gasteiger partial charge in [-0.1, -0.05) is 23.3 Å². The fourth-order valence-corrected chi connectivity index (χ4v) is 1.96. The fourth-order valence-electron chi connectivity index (χ4n) is 1.96. The zero-order valence-corrected chi connectivity index (χ0v) is 11.5. The molecule has 0 aliphatic carbocycles. The predicted octanol–water partition coefficient (Wildman–Crippen LogP) is 0.541. The molecule has 2 N–H and O–H groups in total. The van der Waals surface area contributed by atoms with Gasteiger partial charge in [-0.25, -0.2) is 0 Å². The molecule has 1 atom stereocenters. The Balaban J connectivity index is 1.70. The van der Waals surface area contributed by atoms with Gasteiger partial charge in [0.2, 0.25) is 5.95 Å². The van der Waals surface area contributed by atoms with Crippen LogP contribution in [0, 0.1) is 0 Å². The van der Waals surface area contributed by atoms with Crippen LogP contribution in [0.2, 0.25) is 0 Å². The van der Waals surface area contributed by atoms with Crippen LogP contribution in [0.4, 0.5) is 5.95 Å². The summed E-state index contributed by atoms with van der Waals surface area (Å²) >= 11 is 0. The Morgan fingerprint density at radius 1 is 1.29 bits per heavy atom. The van der Waals surface area contributed by atoms with Crippen LogP contribution in [-0.2, 0) is 7.05 Å². The third-order valence-corrected chi connectivity index (χ3v) is 3.03. The summed E-state index contributed by atoms with van der Waals surface area (Å²) in [5.74, 6) is 0.476. The van der Waals surface area contributed by atoms with Crippen molar-refractivity contribution in [3.8, 4) is 5.69 Å². The number of anilines is 1. The average Bonchev–Trinajstić information content (AvgIpc) is 3.14. The summed E-state index contributed by atoms with van der Waals surface area (Å²) in [5, 5.41) is 28.7. The van der Waals surface area contributed by atoms with Crippen molar-refractivity contribution in [2.24, 2.45) is 7.05 Å². The molecule has 8 nitrogen and oxygen atoms in total. The Labute approximate surface area is 121 Å². The lowest BCUT2D eigenvalue weighted by Crippen LogP contribution is -2.15. The number of nitrogens with one attached hydrogen (secondary N) is 1. The third kappa shape index (κ3) is 2.90. The van der Waals surface area contributed by atoms with Crippen molar-refractivity contribution in [1.82, 2.24) is 30.0 Å². The lowest BCUT2D eigenvalue weighted by Gasteiger charge is -2.10. The molecule has 0 saturated heterocycles. The van der Waals surface area contributed by atoms with Crippen molar-refractivity contribution < 1.29 is 5.11 Å². The minimum atomic E-state index is -0.681. The van der Waals surface area contributed by atoms with Crippen LogP contribution in [0.15, 0.2) is 42.7 Å². The number of aliphatic hydroxyl groups is 1. The van der Waals surface area contributed by atoms with E-state index in [0.717, 1.165) is 11.3 Å². The molecule has 0 fully saturated rings. The molecule has 0 aliphatic rings. The van der Waals surface area contributed by atoms with Gasteiger partial charge in [-0.3, -0.25) is 4.68 Å². The van der Waals surface area contributed by atoms with Crippen molar-refractivity contribution in [2.45, 2.75) is 6.10 Å². The predicted molar refractivity (Wildman–Crippen MR) is 75.8 cm³/mol. The highest BCUT2D eigenvalue weighted by Crippen LogP contribution is 2.14. The number of tetrazole rings is 1. The molecule has 0 radical (unpaired) electrons. The van der Waals surface area contributed by atoms with Crippen molar-refractivity contribution >= 4 is 5.95 Å². The molecular weight excluding hydrogens is 270 g/mol. The maximum absolute atomic E-state index is 10.1. The van der Waals surface area contributed by atoms with Crippen molar-refractivity contribution in [1.29, 1.82) is 0 Å². The van der Waals surface area contributed by atoms with Gasteiger partial charge in [-0.05, 0) is 22.6 Å². The topological polar surface area (TPSA) is 93.7 Å². The number of aliphatic hydroxyl groups excluding tert-OH is 1. The first-order valence-electron chi connectivity index (χ1n) is 6.48. The van der Waals surface area contributed by atoms with Gasteiger partial charge in [0.05, 0.1) is 18.0 Å². The first-order chi connectivity index (χ1) is 10.2. The van der Waals surface area contributed by atoms with E-state index in [0.29, 0.717) is 12.5 Å². The lowest BCUT2D eigenvalue weighted by atomic mass is 10.2. The largest absolute Gasteiger partial charge is 0.386 e. The first kappa shape index (κ1) is 13.3. The molecule has 21 heavy (non-hydrogen) atoms. The second-order valence-corrected chi connectivity index (χ2v) is 4.59. The molecule has 0 aliphatic heterocycles. The van der Waals surface area contributed by atoms with E-state index < -0.39 is 6.10 Å². The number of aromatic nitrogens is 6. The van der Waals surface area contributed by atoms with Gasteiger partial charge in [0.25, 0.3) is 0 Å². The third-order valence-electron chi connectivity index (χ3n) is 3.03. The van der Waals surface area contributed by atoms with Crippen molar-refractivity contribution in [3.05, 3.63) is 48.3 Å². The average molecular weight is 285 g/mol. The molecule has 0 amide bonds. The molecular formula is C13H15N7O. The highest BCUT2D eigenvalue weighted by molar-refractivity contribution is 5.38. The van der Waals surface area contributed by atoms with Gasteiger partial charge >= 0.3 is 0 Å². The fraction of sp³-hybridized carbons (Fsp3) is 0.231. The maximum Gasteiger partial charge on any atom is 0.247 e. The quantitative estimate of drug-likeness (QED) is 0.710. The van der Waals surface area contributed by atoms with Crippen LogP contribution in [-0.4, -0.2) is 41.6 Å². The van der Waals surface area contributed by atoms with E-state index in [1.807, 2.05) is 30.3 Å². The zero-order valence-electron chi connectivity index (χ0n) is 11.5. The SMILES string of the molecule is Cn1cc(C(O)CNc2nnnn2-c2ccccc2)cn1. The Morgan fingerprint density at radius 3 is 2.81 bits per heavy atom. The molecule has 0 saturated carbocycles. The normalized spacial score (nSPS) is 12.3. The molecule has 8 heteroatoms. The Morgan fingerprint density at radius 2 is 2.10 bits per heavy atom. The van der Waals surface area contributed by atoms with E-state index in [9.17, 15) is 5.11 Å². The van der Waals surface area contributed by atoms with Crippen molar-refractivity contribution in [3.63, 3.8) is 0 Å². The number of nitrogens with zero attached hydrogens (tertiary/aromatic N) is 6. The summed E-state index contributed by atoms with van der Waals surface area (Å²) in [5.41, 5.74) is 1.59. The summed E-state index contributed by atoms with van der Waals surface area (Å²) in [6.45, 7) is 0.291. The van der Waals surface area contributed by atoms with Crippen LogP contribution in [0.5, 0.6) is 0 Å². The number of benzene rings is 1. The highest BCUT2D eigenvalue weighted by Gasteiger charge is 2.12. The van der Waals surface area contributed by atoms with E-state index in [1.165, 1.54) is 0 Å². The summed E-state index contributed by atoms with van der Waals surface area (Å²) in [7, 11) is 1.81. The van der Waals surface area contributed by atoms with Crippen LogP contribution in [0.3, 0.4) is 0 Å². The molecule has 1 unspecified atom stereocenters. The molecule has 3 rings (SSSR count). The molecule has 0 bridgehead atoms. The Kier molecular flexibility index (Phi) is 3.61. The van der Waals surface area contributed by atoms with Crippen molar-refractivity contribution in [2.75, 3.05) is 11.9 Å². The number of aryl methyl sites for hydroxylation is 1. The molecule has 108 valence electrons. The number of hydrogen-bond acceptors (Lipinski definition) is 6. The van der Waals surface area contributed by atoms with E-state index in [1.54, 1.807) is 28.8 Å². The number of para-hydroxylation sites is 1. The van der Waals surface area contributed by atoms with Gasteiger partial charge < -0.3 is 10.4 Å². The van der Waals surface area contributed by atoms with Gasteiger partial charge in [-0.15, -0.1) is 0 Å². The smallest absolute Gasteiger partial charge is 0.247 e. The minimum Gasteiger partial charge on any atom is -0.386 e. The number of hydrogen-bond donors (Lipinski definition) is 2. The van der Waals surface area contributed by atoms with Gasteiger partial charge in [-0.2, -0.15) is 9.78 Å². The monoisotopic (exact) mass is 285 g/mol. The van der Waals surface area contributed by atoms with Crippen LogP contribution >= 0.6 is 0 Å². The zero-order chi connectivity index (χ0) is 14.7. The standard InChI is InChI=1S/C13H15N7O/c1-19-9-10(7-15-19)12(21)8-14-13-16-17-18-20(13)11-5-3-2-4-6-11/h2-7,9,12,21H,8H2,1H3,(H,14,16,18). The Bertz CT molecular complexity index is 706. The van der Waals surface area contributed by atoms with E-state index in [4.69, 9.17) is 0 Å². The van der Waals surface area contributed by atoms with Gasteiger partial charge in [0.1, 0.15) is 0 Å².